The minimum atomic E-state index is -0.750. The predicted octanol–water partition coefficient (Wildman–Crippen LogP) is 3.04. The Morgan fingerprint density at radius 2 is 2.15 bits per heavy atom. The minimum Gasteiger partial charge on any atom is -0.489 e. The summed E-state index contributed by atoms with van der Waals surface area (Å²) in [6, 6.07) is 3.68. The van der Waals surface area contributed by atoms with Crippen LogP contribution in [0.4, 0.5) is 5.95 Å². The maximum absolute atomic E-state index is 11.3. The third kappa shape index (κ3) is 5.83. The van der Waals surface area contributed by atoms with Gasteiger partial charge in [0.15, 0.2) is 0 Å². The molecule has 1 fully saturated rings. The summed E-state index contributed by atoms with van der Waals surface area (Å²) in [5.41, 5.74) is 2.17. The summed E-state index contributed by atoms with van der Waals surface area (Å²) in [5.74, 6) is 0.811. The zero-order valence-corrected chi connectivity index (χ0v) is 19.5. The molecule has 3 aromatic heterocycles. The highest BCUT2D eigenvalue weighted by Crippen LogP contribution is 2.29. The zero-order valence-electron chi connectivity index (χ0n) is 19.5. The van der Waals surface area contributed by atoms with Gasteiger partial charge in [0, 0.05) is 13.5 Å². The molecule has 1 saturated carbocycles. The van der Waals surface area contributed by atoms with E-state index in [0.29, 0.717) is 42.5 Å². The van der Waals surface area contributed by atoms with Gasteiger partial charge in [-0.05, 0) is 44.2 Å². The topological polar surface area (TPSA) is 141 Å². The Morgan fingerprint density at radius 3 is 2.91 bits per heavy atom. The first-order valence-corrected chi connectivity index (χ1v) is 11.7. The van der Waals surface area contributed by atoms with E-state index in [1.807, 2.05) is 19.2 Å². The predicted molar refractivity (Wildman–Crippen MR) is 124 cm³/mol. The number of nitrogens with zero attached hydrogens (tertiary/aromatic N) is 7. The quantitative estimate of drug-likeness (QED) is 0.458. The Morgan fingerprint density at radius 1 is 1.26 bits per heavy atom. The first-order chi connectivity index (χ1) is 16.5. The van der Waals surface area contributed by atoms with E-state index in [9.17, 15) is 9.90 Å². The first-order valence-electron chi connectivity index (χ1n) is 11.7. The lowest BCUT2D eigenvalue weighted by atomic mass is 9.87. The molecule has 0 unspecified atom stereocenters. The second-order valence-corrected chi connectivity index (χ2v) is 8.51. The molecule has 1 aliphatic rings. The Hall–Kier alpha value is -3.63. The lowest BCUT2D eigenvalue weighted by molar-refractivity contribution is -0.143. The number of ether oxygens (including phenoxy) is 1. The lowest BCUT2D eigenvalue weighted by Crippen LogP contribution is -2.29. The number of nitrogens with one attached hydrogen (secondary N) is 1. The molecular formula is C23H30N8O3. The molecule has 3 heterocycles. The van der Waals surface area contributed by atoms with E-state index in [0.717, 1.165) is 43.6 Å². The molecule has 0 amide bonds. The average Bonchev–Trinajstić information content (AvgIpc) is 3.22. The van der Waals surface area contributed by atoms with Crippen LogP contribution >= 0.6 is 0 Å². The fourth-order valence-electron chi connectivity index (χ4n) is 4.07. The normalized spacial score (nSPS) is 17.9. The van der Waals surface area contributed by atoms with E-state index < -0.39 is 5.97 Å². The number of pyridine rings is 1. The molecule has 180 valence electrons. The Bertz CT molecular complexity index is 1100. The average molecular weight is 467 g/mol. The number of carboxylic acid groups (broad SMARTS) is 1. The Kier molecular flexibility index (Phi) is 7.61. The van der Waals surface area contributed by atoms with Gasteiger partial charge in [0.2, 0.25) is 5.95 Å². The summed E-state index contributed by atoms with van der Waals surface area (Å²) in [6.07, 6.45) is 8.93. The molecule has 11 heteroatoms. The number of anilines is 1. The summed E-state index contributed by atoms with van der Waals surface area (Å²) in [7, 11) is 1.83. The zero-order chi connectivity index (χ0) is 23.9. The van der Waals surface area contributed by atoms with Crippen LogP contribution < -0.4 is 10.1 Å². The molecule has 4 rings (SSSR count). The van der Waals surface area contributed by atoms with E-state index in [4.69, 9.17) is 4.74 Å². The van der Waals surface area contributed by atoms with Gasteiger partial charge >= 0.3 is 5.97 Å². The van der Waals surface area contributed by atoms with Crippen molar-refractivity contribution in [2.45, 2.75) is 64.5 Å². The number of carbonyl (C=O) groups is 1. The van der Waals surface area contributed by atoms with Crippen LogP contribution in [0.1, 0.15) is 57.0 Å². The fraction of sp³-hybridized carbons (Fsp3) is 0.522. The SMILES string of the molecule is CCCCc1ncnc(NCc2c(-c3ccc(O[C@H]4CCC[C@H](C(=O)O)C4)cn3)nnn2C)n1. The molecule has 2 atom stereocenters. The standard InChI is InChI=1S/C23H30N8O3/c1-3-4-8-20-26-14-27-23(28-20)25-13-19-21(29-30-31(19)2)18-10-9-17(12-24-18)34-16-7-5-6-15(11-16)22(32)33/h9-10,12,14-16H,3-8,11,13H2,1-2H3,(H,32,33)(H,25,26,27,28)/t15-,16-/m0/s1. The van der Waals surface area contributed by atoms with Crippen LogP contribution in [-0.2, 0) is 24.8 Å². The second kappa shape index (κ2) is 11.0. The van der Waals surface area contributed by atoms with Gasteiger partial charge < -0.3 is 15.2 Å². The maximum atomic E-state index is 11.3. The fourth-order valence-corrected chi connectivity index (χ4v) is 4.07. The van der Waals surface area contributed by atoms with Gasteiger partial charge in [-0.1, -0.05) is 18.6 Å². The van der Waals surface area contributed by atoms with Gasteiger partial charge in [-0.2, -0.15) is 4.98 Å². The lowest BCUT2D eigenvalue weighted by Gasteiger charge is -2.27. The molecule has 0 aromatic carbocycles. The molecule has 3 aromatic rings. The molecule has 0 aliphatic heterocycles. The largest absolute Gasteiger partial charge is 0.489 e. The highest BCUT2D eigenvalue weighted by molar-refractivity contribution is 5.70. The summed E-state index contributed by atoms with van der Waals surface area (Å²) in [6.45, 7) is 2.56. The van der Waals surface area contributed by atoms with Gasteiger partial charge in [0.25, 0.3) is 0 Å². The van der Waals surface area contributed by atoms with Crippen LogP contribution in [0.15, 0.2) is 24.7 Å². The number of hydrogen-bond donors (Lipinski definition) is 2. The van der Waals surface area contributed by atoms with E-state index >= 15 is 0 Å². The summed E-state index contributed by atoms with van der Waals surface area (Å²) < 4.78 is 7.70. The number of carboxylic acids is 1. The van der Waals surface area contributed by atoms with Gasteiger partial charge in [-0.15, -0.1) is 5.10 Å². The van der Waals surface area contributed by atoms with E-state index in [2.05, 4.69) is 42.5 Å². The highest BCUT2D eigenvalue weighted by atomic mass is 16.5. The molecule has 0 bridgehead atoms. The van der Waals surface area contributed by atoms with Crippen molar-refractivity contribution in [1.29, 1.82) is 0 Å². The van der Waals surface area contributed by atoms with Crippen molar-refractivity contribution in [3.8, 4) is 17.1 Å². The molecular weight excluding hydrogens is 436 g/mol. The van der Waals surface area contributed by atoms with Crippen molar-refractivity contribution in [2.24, 2.45) is 13.0 Å². The van der Waals surface area contributed by atoms with Gasteiger partial charge in [0.1, 0.15) is 23.6 Å². The van der Waals surface area contributed by atoms with Gasteiger partial charge in [-0.3, -0.25) is 9.78 Å². The van der Waals surface area contributed by atoms with Crippen molar-refractivity contribution in [2.75, 3.05) is 5.32 Å². The number of hydrogen-bond acceptors (Lipinski definition) is 9. The Labute approximate surface area is 198 Å². The molecule has 0 spiro atoms. The van der Waals surface area contributed by atoms with E-state index in [1.165, 1.54) is 6.33 Å². The number of unbranched alkanes of at least 4 members (excludes halogenated alkanes) is 1. The molecule has 0 saturated heterocycles. The van der Waals surface area contributed by atoms with Crippen molar-refractivity contribution in [3.63, 3.8) is 0 Å². The van der Waals surface area contributed by atoms with Gasteiger partial charge in [-0.25, -0.2) is 14.6 Å². The number of aryl methyl sites for hydroxylation is 2. The molecule has 1 aliphatic carbocycles. The van der Waals surface area contributed by atoms with Crippen molar-refractivity contribution in [1.82, 2.24) is 34.9 Å². The minimum absolute atomic E-state index is 0.110. The van der Waals surface area contributed by atoms with Gasteiger partial charge in [0.05, 0.1) is 36.2 Å². The smallest absolute Gasteiger partial charge is 0.306 e. The Balaban J connectivity index is 1.41. The van der Waals surface area contributed by atoms with Crippen LogP contribution in [0.25, 0.3) is 11.4 Å². The molecule has 0 radical (unpaired) electrons. The maximum Gasteiger partial charge on any atom is 0.306 e. The van der Waals surface area contributed by atoms with Crippen molar-refractivity contribution in [3.05, 3.63) is 36.2 Å². The van der Waals surface area contributed by atoms with Crippen LogP contribution in [0, 0.1) is 5.92 Å². The van der Waals surface area contributed by atoms with Crippen LogP contribution in [0.2, 0.25) is 0 Å². The van der Waals surface area contributed by atoms with Crippen molar-refractivity contribution >= 4 is 11.9 Å². The van der Waals surface area contributed by atoms with Crippen LogP contribution in [0.3, 0.4) is 0 Å². The third-order valence-corrected chi connectivity index (χ3v) is 5.99. The number of rotatable bonds is 10. The summed E-state index contributed by atoms with van der Waals surface area (Å²) >= 11 is 0. The number of aromatic nitrogens is 7. The number of aliphatic carboxylic acids is 1. The first kappa shape index (κ1) is 23.5. The highest BCUT2D eigenvalue weighted by Gasteiger charge is 2.28. The van der Waals surface area contributed by atoms with Crippen LogP contribution in [0.5, 0.6) is 5.75 Å². The van der Waals surface area contributed by atoms with E-state index in [1.54, 1.807) is 10.9 Å². The summed E-state index contributed by atoms with van der Waals surface area (Å²) in [4.78, 5) is 28.7. The molecule has 34 heavy (non-hydrogen) atoms. The van der Waals surface area contributed by atoms with E-state index in [-0.39, 0.29) is 12.0 Å². The molecule has 2 N–H and O–H groups in total. The van der Waals surface area contributed by atoms with Crippen molar-refractivity contribution < 1.29 is 14.6 Å². The third-order valence-electron chi connectivity index (χ3n) is 5.99. The second-order valence-electron chi connectivity index (χ2n) is 8.51. The monoisotopic (exact) mass is 466 g/mol. The molecule has 11 nitrogen and oxygen atoms in total. The van der Waals surface area contributed by atoms with Crippen LogP contribution in [-0.4, -0.2) is 52.1 Å². The summed E-state index contributed by atoms with van der Waals surface area (Å²) in [5, 5.41) is 20.9.